The third-order valence-corrected chi connectivity index (χ3v) is 5.21. The molecule has 1 aliphatic rings. The number of sulfonamides is 1. The number of rotatable bonds is 5. The maximum Gasteiger partial charge on any atom is 0.236 e. The van der Waals surface area contributed by atoms with Crippen molar-refractivity contribution in [2.45, 2.75) is 25.0 Å². The standard InChI is InChI=1S/C18H20N2O3S/c21-18-11-4-5-12-20(18)17-10-6-9-16(13-17)19-24(22,23)14-15-7-2-1-3-8-15/h1-3,6-10,13,19H,4-5,11-12,14H2. The summed E-state index contributed by atoms with van der Waals surface area (Å²) >= 11 is 0. The number of nitrogens with zero attached hydrogens (tertiary/aromatic N) is 1. The van der Waals surface area contributed by atoms with Gasteiger partial charge in [-0.1, -0.05) is 36.4 Å². The van der Waals surface area contributed by atoms with Gasteiger partial charge in [-0.2, -0.15) is 0 Å². The van der Waals surface area contributed by atoms with Gasteiger partial charge in [-0.3, -0.25) is 9.52 Å². The minimum atomic E-state index is -3.50. The highest BCUT2D eigenvalue weighted by atomic mass is 32.2. The van der Waals surface area contributed by atoms with Gasteiger partial charge in [0.05, 0.1) is 11.4 Å². The van der Waals surface area contributed by atoms with Gasteiger partial charge in [0.2, 0.25) is 15.9 Å². The second-order valence-electron chi connectivity index (χ2n) is 5.90. The van der Waals surface area contributed by atoms with E-state index in [4.69, 9.17) is 0 Å². The van der Waals surface area contributed by atoms with Crippen LogP contribution in [0.4, 0.5) is 11.4 Å². The largest absolute Gasteiger partial charge is 0.312 e. The fourth-order valence-corrected chi connectivity index (χ4v) is 4.02. The molecule has 2 aromatic carbocycles. The first-order chi connectivity index (χ1) is 11.5. The van der Waals surface area contributed by atoms with Crippen LogP contribution in [0.3, 0.4) is 0 Å². The second kappa shape index (κ2) is 7.05. The lowest BCUT2D eigenvalue weighted by Crippen LogP contribution is -2.35. The van der Waals surface area contributed by atoms with Gasteiger partial charge in [-0.15, -0.1) is 0 Å². The molecule has 2 aromatic rings. The third-order valence-electron chi connectivity index (χ3n) is 3.95. The topological polar surface area (TPSA) is 66.5 Å². The molecule has 0 aliphatic carbocycles. The lowest BCUT2D eigenvalue weighted by atomic mass is 10.1. The molecule has 1 N–H and O–H groups in total. The molecule has 24 heavy (non-hydrogen) atoms. The Labute approximate surface area is 142 Å². The lowest BCUT2D eigenvalue weighted by Gasteiger charge is -2.27. The molecule has 0 aromatic heterocycles. The first kappa shape index (κ1) is 16.5. The van der Waals surface area contributed by atoms with Crippen molar-refractivity contribution in [3.05, 3.63) is 60.2 Å². The summed E-state index contributed by atoms with van der Waals surface area (Å²) in [6.45, 7) is 0.680. The number of piperidine rings is 1. The van der Waals surface area contributed by atoms with Crippen LogP contribution in [-0.2, 0) is 20.6 Å². The smallest absolute Gasteiger partial charge is 0.236 e. The molecule has 0 unspecified atom stereocenters. The first-order valence-electron chi connectivity index (χ1n) is 7.98. The van der Waals surface area contributed by atoms with Gasteiger partial charge in [0.15, 0.2) is 0 Å². The van der Waals surface area contributed by atoms with Crippen LogP contribution in [0.1, 0.15) is 24.8 Å². The number of hydrogen-bond acceptors (Lipinski definition) is 3. The van der Waals surface area contributed by atoms with E-state index in [1.807, 2.05) is 24.3 Å². The molecular formula is C18H20N2O3S. The van der Waals surface area contributed by atoms with E-state index in [1.165, 1.54) is 0 Å². The van der Waals surface area contributed by atoms with Gasteiger partial charge >= 0.3 is 0 Å². The molecule has 3 rings (SSSR count). The Hall–Kier alpha value is -2.34. The average Bonchev–Trinajstić information content (AvgIpc) is 2.55. The Bertz CT molecular complexity index is 819. The summed E-state index contributed by atoms with van der Waals surface area (Å²) in [5, 5.41) is 0. The molecule has 1 aliphatic heterocycles. The summed E-state index contributed by atoms with van der Waals surface area (Å²) in [7, 11) is -3.50. The Kier molecular flexibility index (Phi) is 4.85. The number of hydrogen-bond donors (Lipinski definition) is 1. The molecule has 0 radical (unpaired) electrons. The first-order valence-corrected chi connectivity index (χ1v) is 9.64. The zero-order valence-corrected chi connectivity index (χ0v) is 14.1. The fourth-order valence-electron chi connectivity index (χ4n) is 2.83. The van der Waals surface area contributed by atoms with E-state index in [9.17, 15) is 13.2 Å². The van der Waals surface area contributed by atoms with Gasteiger partial charge in [0.25, 0.3) is 0 Å². The molecule has 1 fully saturated rings. The van der Waals surface area contributed by atoms with Crippen LogP contribution in [0.5, 0.6) is 0 Å². The number of nitrogens with one attached hydrogen (secondary N) is 1. The lowest BCUT2D eigenvalue weighted by molar-refractivity contribution is -0.119. The van der Waals surface area contributed by atoms with Gasteiger partial charge in [-0.25, -0.2) is 8.42 Å². The number of anilines is 2. The van der Waals surface area contributed by atoms with Gasteiger partial charge < -0.3 is 4.90 Å². The number of carbonyl (C=O) groups excluding carboxylic acids is 1. The molecule has 5 nitrogen and oxygen atoms in total. The number of carbonyl (C=O) groups is 1. The molecule has 1 heterocycles. The summed E-state index contributed by atoms with van der Waals surface area (Å²) < 4.78 is 27.3. The van der Waals surface area contributed by atoms with Gasteiger partial charge in [0, 0.05) is 18.7 Å². The van der Waals surface area contributed by atoms with Crippen molar-refractivity contribution >= 4 is 27.3 Å². The van der Waals surface area contributed by atoms with E-state index >= 15 is 0 Å². The molecule has 6 heteroatoms. The highest BCUT2D eigenvalue weighted by Crippen LogP contribution is 2.24. The van der Waals surface area contributed by atoms with Crippen LogP contribution in [0.25, 0.3) is 0 Å². The minimum absolute atomic E-state index is 0.0826. The predicted octanol–water partition coefficient (Wildman–Crippen LogP) is 3.15. The number of amides is 1. The second-order valence-corrected chi connectivity index (χ2v) is 7.62. The van der Waals surface area contributed by atoms with E-state index in [-0.39, 0.29) is 11.7 Å². The molecule has 0 spiro atoms. The predicted molar refractivity (Wildman–Crippen MR) is 95.3 cm³/mol. The Balaban J connectivity index is 1.75. The summed E-state index contributed by atoms with van der Waals surface area (Å²) in [6.07, 6.45) is 2.43. The van der Waals surface area contributed by atoms with E-state index in [0.29, 0.717) is 18.7 Å². The van der Waals surface area contributed by atoms with Crippen LogP contribution in [-0.4, -0.2) is 20.9 Å². The highest BCUT2D eigenvalue weighted by molar-refractivity contribution is 7.91. The maximum absolute atomic E-state index is 12.3. The average molecular weight is 344 g/mol. The van der Waals surface area contributed by atoms with Crippen molar-refractivity contribution in [1.29, 1.82) is 0 Å². The zero-order valence-electron chi connectivity index (χ0n) is 13.3. The minimum Gasteiger partial charge on any atom is -0.312 e. The van der Waals surface area contributed by atoms with Crippen LogP contribution in [0.2, 0.25) is 0 Å². The van der Waals surface area contributed by atoms with Crippen LogP contribution < -0.4 is 9.62 Å². The quantitative estimate of drug-likeness (QED) is 0.906. The summed E-state index contributed by atoms with van der Waals surface area (Å²) in [5.74, 6) is 0.00584. The van der Waals surface area contributed by atoms with Crippen molar-refractivity contribution in [3.63, 3.8) is 0 Å². The molecule has 0 bridgehead atoms. The molecule has 0 atom stereocenters. The van der Waals surface area contributed by atoms with E-state index in [1.54, 1.807) is 35.2 Å². The number of benzene rings is 2. The zero-order chi connectivity index (χ0) is 17.0. The normalized spacial score (nSPS) is 15.3. The maximum atomic E-state index is 12.3. The molecule has 1 amide bonds. The van der Waals surface area contributed by atoms with E-state index < -0.39 is 10.0 Å². The molecule has 126 valence electrons. The van der Waals surface area contributed by atoms with Crippen LogP contribution in [0.15, 0.2) is 54.6 Å². The van der Waals surface area contributed by atoms with Crippen molar-refractivity contribution in [2.75, 3.05) is 16.2 Å². The van der Waals surface area contributed by atoms with E-state index in [0.717, 1.165) is 24.1 Å². The van der Waals surface area contributed by atoms with E-state index in [2.05, 4.69) is 4.72 Å². The molecule has 1 saturated heterocycles. The van der Waals surface area contributed by atoms with Crippen molar-refractivity contribution in [1.82, 2.24) is 0 Å². The summed E-state index contributed by atoms with van der Waals surface area (Å²) in [6, 6.07) is 16.0. The summed E-state index contributed by atoms with van der Waals surface area (Å²) in [4.78, 5) is 13.7. The third kappa shape index (κ3) is 4.14. The van der Waals surface area contributed by atoms with Crippen molar-refractivity contribution in [2.24, 2.45) is 0 Å². The summed E-state index contributed by atoms with van der Waals surface area (Å²) in [5.41, 5.74) is 1.94. The van der Waals surface area contributed by atoms with Crippen LogP contribution >= 0.6 is 0 Å². The fraction of sp³-hybridized carbons (Fsp3) is 0.278. The Morgan fingerprint density at radius 2 is 1.79 bits per heavy atom. The van der Waals surface area contributed by atoms with Gasteiger partial charge in [-0.05, 0) is 36.6 Å². The highest BCUT2D eigenvalue weighted by Gasteiger charge is 2.20. The Morgan fingerprint density at radius 1 is 1.00 bits per heavy atom. The molecular weight excluding hydrogens is 324 g/mol. The molecule has 0 saturated carbocycles. The van der Waals surface area contributed by atoms with Gasteiger partial charge in [0.1, 0.15) is 0 Å². The monoisotopic (exact) mass is 344 g/mol. The van der Waals surface area contributed by atoms with Crippen LogP contribution in [0, 0.1) is 0 Å². The Morgan fingerprint density at radius 3 is 2.54 bits per heavy atom. The van der Waals surface area contributed by atoms with Crippen molar-refractivity contribution < 1.29 is 13.2 Å². The van der Waals surface area contributed by atoms with Crippen molar-refractivity contribution in [3.8, 4) is 0 Å². The SMILES string of the molecule is O=C1CCCCN1c1cccc(NS(=O)(=O)Cc2ccccc2)c1.